The SMILES string of the molecule is COc1ccccc1C(=O)NCCC(=O)NNC(=O)c1ccc(C)cc1. The van der Waals surface area contributed by atoms with Crippen molar-refractivity contribution in [1.82, 2.24) is 16.2 Å². The molecule has 0 unspecified atom stereocenters. The minimum atomic E-state index is -0.411. The minimum absolute atomic E-state index is 0.0229. The van der Waals surface area contributed by atoms with Crippen molar-refractivity contribution in [2.75, 3.05) is 13.7 Å². The lowest BCUT2D eigenvalue weighted by molar-refractivity contribution is -0.121. The molecular formula is C19H21N3O4. The van der Waals surface area contributed by atoms with E-state index in [2.05, 4.69) is 16.2 Å². The molecule has 3 N–H and O–H groups in total. The molecule has 0 aliphatic carbocycles. The highest BCUT2D eigenvalue weighted by Crippen LogP contribution is 2.16. The number of rotatable bonds is 6. The first-order valence-electron chi connectivity index (χ1n) is 8.08. The van der Waals surface area contributed by atoms with E-state index in [1.54, 1.807) is 36.4 Å². The Labute approximate surface area is 151 Å². The van der Waals surface area contributed by atoms with Gasteiger partial charge in [-0.15, -0.1) is 0 Å². The van der Waals surface area contributed by atoms with Crippen molar-refractivity contribution in [1.29, 1.82) is 0 Å². The average Bonchev–Trinajstić information content (AvgIpc) is 2.66. The van der Waals surface area contributed by atoms with E-state index in [9.17, 15) is 14.4 Å². The predicted molar refractivity (Wildman–Crippen MR) is 96.7 cm³/mol. The highest BCUT2D eigenvalue weighted by Gasteiger charge is 2.12. The molecule has 2 aromatic rings. The van der Waals surface area contributed by atoms with Crippen LogP contribution in [0.5, 0.6) is 5.75 Å². The highest BCUT2D eigenvalue weighted by molar-refractivity contribution is 5.97. The topological polar surface area (TPSA) is 96.5 Å². The zero-order chi connectivity index (χ0) is 18.9. The van der Waals surface area contributed by atoms with Crippen molar-refractivity contribution in [2.45, 2.75) is 13.3 Å². The van der Waals surface area contributed by atoms with E-state index >= 15 is 0 Å². The summed E-state index contributed by atoms with van der Waals surface area (Å²) in [5.41, 5.74) is 6.53. The fourth-order valence-corrected chi connectivity index (χ4v) is 2.18. The normalized spacial score (nSPS) is 9.92. The number of hydrogen-bond acceptors (Lipinski definition) is 4. The molecule has 2 aromatic carbocycles. The molecule has 0 atom stereocenters. The van der Waals surface area contributed by atoms with Crippen molar-refractivity contribution in [3.05, 3.63) is 65.2 Å². The van der Waals surface area contributed by atoms with Crippen LogP contribution in [0, 0.1) is 6.92 Å². The molecule has 7 nitrogen and oxygen atoms in total. The molecule has 0 fully saturated rings. The molecular weight excluding hydrogens is 334 g/mol. The summed E-state index contributed by atoms with van der Waals surface area (Å²) in [6.07, 6.45) is 0.0229. The smallest absolute Gasteiger partial charge is 0.269 e. The van der Waals surface area contributed by atoms with E-state index in [0.29, 0.717) is 16.9 Å². The summed E-state index contributed by atoms with van der Waals surface area (Å²) in [5.74, 6) is -0.694. The first-order valence-corrected chi connectivity index (χ1v) is 8.08. The van der Waals surface area contributed by atoms with Crippen LogP contribution in [0.1, 0.15) is 32.7 Å². The number of amides is 3. The van der Waals surface area contributed by atoms with E-state index in [1.165, 1.54) is 7.11 Å². The van der Waals surface area contributed by atoms with Crippen LogP contribution in [-0.4, -0.2) is 31.4 Å². The summed E-state index contributed by atoms with van der Waals surface area (Å²) in [5, 5.41) is 2.64. The number of hydrazine groups is 1. The van der Waals surface area contributed by atoms with Crippen molar-refractivity contribution in [3.8, 4) is 5.75 Å². The summed E-state index contributed by atoms with van der Waals surface area (Å²) < 4.78 is 5.12. The van der Waals surface area contributed by atoms with Gasteiger partial charge < -0.3 is 10.1 Å². The zero-order valence-corrected chi connectivity index (χ0v) is 14.7. The minimum Gasteiger partial charge on any atom is -0.496 e. The standard InChI is InChI=1S/C19H21N3O4/c1-13-7-9-14(10-8-13)18(24)22-21-17(23)11-12-20-19(25)15-5-3-4-6-16(15)26-2/h3-10H,11-12H2,1-2H3,(H,20,25)(H,21,23)(H,22,24). The summed E-state index contributed by atoms with van der Waals surface area (Å²) >= 11 is 0. The first-order chi connectivity index (χ1) is 12.5. The first kappa shape index (κ1) is 19.0. The van der Waals surface area contributed by atoms with Gasteiger partial charge in [0.1, 0.15) is 5.75 Å². The van der Waals surface area contributed by atoms with E-state index in [-0.39, 0.29) is 18.9 Å². The van der Waals surface area contributed by atoms with E-state index in [4.69, 9.17) is 4.74 Å². The van der Waals surface area contributed by atoms with E-state index in [0.717, 1.165) is 5.56 Å². The fourth-order valence-electron chi connectivity index (χ4n) is 2.18. The third kappa shape index (κ3) is 5.34. The van der Waals surface area contributed by atoms with E-state index < -0.39 is 11.8 Å². The molecule has 3 amide bonds. The summed E-state index contributed by atoms with van der Waals surface area (Å²) in [6.45, 7) is 2.05. The Kier molecular flexibility index (Phi) is 6.73. The van der Waals surface area contributed by atoms with Crippen LogP contribution < -0.4 is 20.9 Å². The molecule has 2 rings (SSSR count). The van der Waals surface area contributed by atoms with Crippen LogP contribution >= 0.6 is 0 Å². The molecule has 7 heteroatoms. The maximum Gasteiger partial charge on any atom is 0.269 e. The van der Waals surface area contributed by atoms with Gasteiger partial charge in [0.15, 0.2) is 0 Å². The Morgan fingerprint density at radius 1 is 0.923 bits per heavy atom. The summed E-state index contributed by atoms with van der Waals surface area (Å²) in [7, 11) is 1.48. The van der Waals surface area contributed by atoms with E-state index in [1.807, 2.05) is 19.1 Å². The zero-order valence-electron chi connectivity index (χ0n) is 14.7. The van der Waals surface area contributed by atoms with Crippen LogP contribution in [0.15, 0.2) is 48.5 Å². The number of carbonyl (C=O) groups excluding carboxylic acids is 3. The predicted octanol–water partition coefficient (Wildman–Crippen LogP) is 1.58. The number of benzene rings is 2. The van der Waals surface area contributed by atoms with Crippen molar-refractivity contribution >= 4 is 17.7 Å². The molecule has 0 bridgehead atoms. The second-order valence-electron chi connectivity index (χ2n) is 5.57. The molecule has 0 heterocycles. The van der Waals surface area contributed by atoms with Crippen LogP contribution in [0.25, 0.3) is 0 Å². The largest absolute Gasteiger partial charge is 0.496 e. The quantitative estimate of drug-likeness (QED) is 0.686. The van der Waals surface area contributed by atoms with Gasteiger partial charge in [-0.2, -0.15) is 0 Å². The van der Waals surface area contributed by atoms with Crippen LogP contribution in [0.3, 0.4) is 0 Å². The van der Waals surface area contributed by atoms with Crippen molar-refractivity contribution < 1.29 is 19.1 Å². The molecule has 0 saturated heterocycles. The Morgan fingerprint density at radius 3 is 2.31 bits per heavy atom. The number of methoxy groups -OCH3 is 1. The molecule has 0 radical (unpaired) electrons. The number of hydrogen-bond donors (Lipinski definition) is 3. The van der Waals surface area contributed by atoms with Crippen LogP contribution in [0.2, 0.25) is 0 Å². The monoisotopic (exact) mass is 355 g/mol. The molecule has 0 saturated carbocycles. The lowest BCUT2D eigenvalue weighted by Gasteiger charge is -2.10. The van der Waals surface area contributed by atoms with Gasteiger partial charge in [0, 0.05) is 18.5 Å². The maximum atomic E-state index is 12.1. The van der Waals surface area contributed by atoms with Crippen LogP contribution in [0.4, 0.5) is 0 Å². The maximum absolute atomic E-state index is 12.1. The number of aryl methyl sites for hydroxylation is 1. The second kappa shape index (κ2) is 9.22. The number of ether oxygens (including phenoxy) is 1. The number of nitrogens with one attached hydrogen (secondary N) is 3. The van der Waals surface area contributed by atoms with Gasteiger partial charge >= 0.3 is 0 Å². The molecule has 0 aliphatic rings. The van der Waals surface area contributed by atoms with Gasteiger partial charge in [0.25, 0.3) is 11.8 Å². The average molecular weight is 355 g/mol. The lowest BCUT2D eigenvalue weighted by atomic mass is 10.1. The molecule has 136 valence electrons. The van der Waals surface area contributed by atoms with Crippen LogP contribution in [-0.2, 0) is 4.79 Å². The third-order valence-electron chi connectivity index (χ3n) is 3.62. The number of carbonyl (C=O) groups is 3. The number of para-hydroxylation sites is 1. The van der Waals surface area contributed by atoms with Gasteiger partial charge in [0.05, 0.1) is 12.7 Å². The van der Waals surface area contributed by atoms with Crippen molar-refractivity contribution in [2.24, 2.45) is 0 Å². The Bertz CT molecular complexity index is 788. The van der Waals surface area contributed by atoms with Gasteiger partial charge in [0.2, 0.25) is 5.91 Å². The highest BCUT2D eigenvalue weighted by atomic mass is 16.5. The Hall–Kier alpha value is -3.35. The molecule has 0 aromatic heterocycles. The Morgan fingerprint density at radius 2 is 1.62 bits per heavy atom. The third-order valence-corrected chi connectivity index (χ3v) is 3.62. The van der Waals surface area contributed by atoms with Gasteiger partial charge in [-0.25, -0.2) is 0 Å². The summed E-state index contributed by atoms with van der Waals surface area (Å²) in [4.78, 5) is 35.8. The van der Waals surface area contributed by atoms with Gasteiger partial charge in [-0.05, 0) is 31.2 Å². The summed E-state index contributed by atoms with van der Waals surface area (Å²) in [6, 6.07) is 13.8. The lowest BCUT2D eigenvalue weighted by Crippen LogP contribution is -2.42. The Balaban J connectivity index is 1.74. The van der Waals surface area contributed by atoms with Gasteiger partial charge in [-0.3, -0.25) is 25.2 Å². The molecule has 0 spiro atoms. The van der Waals surface area contributed by atoms with Gasteiger partial charge in [-0.1, -0.05) is 29.8 Å². The van der Waals surface area contributed by atoms with Crippen molar-refractivity contribution in [3.63, 3.8) is 0 Å². The second-order valence-corrected chi connectivity index (χ2v) is 5.57. The molecule has 0 aliphatic heterocycles. The fraction of sp³-hybridized carbons (Fsp3) is 0.211. The molecule has 26 heavy (non-hydrogen) atoms.